The quantitative estimate of drug-likeness (QED) is 0.874. The van der Waals surface area contributed by atoms with Crippen molar-refractivity contribution in [2.24, 2.45) is 0 Å². The van der Waals surface area contributed by atoms with Gasteiger partial charge in [0, 0.05) is 0 Å². The van der Waals surface area contributed by atoms with Crippen LogP contribution in [-0.4, -0.2) is 21.1 Å². The molecule has 0 saturated heterocycles. The number of carbonyl (C=O) groups is 1. The number of ether oxygens (including phenoxy) is 1. The number of anilines is 1. The van der Waals surface area contributed by atoms with E-state index in [0.717, 1.165) is 10.0 Å². The van der Waals surface area contributed by atoms with Gasteiger partial charge in [0.15, 0.2) is 0 Å². The van der Waals surface area contributed by atoms with Gasteiger partial charge in [-0.2, -0.15) is 0 Å². The van der Waals surface area contributed by atoms with Crippen LogP contribution in [0.25, 0.3) is 0 Å². The Hall–Kier alpha value is -2.28. The molecule has 100 valence electrons. The van der Waals surface area contributed by atoms with Crippen LogP contribution in [0.5, 0.6) is 0 Å². The zero-order valence-electron chi connectivity index (χ0n) is 10.6. The number of benzene rings is 2. The predicted octanol–water partition coefficient (Wildman–Crippen LogP) is 2.25. The molecule has 0 aromatic heterocycles. The Labute approximate surface area is 123 Å². The summed E-state index contributed by atoms with van der Waals surface area (Å²) >= 11 is -0.174. The Balaban J connectivity index is 1.84. The van der Waals surface area contributed by atoms with Crippen LogP contribution in [0.15, 0.2) is 54.6 Å². The van der Waals surface area contributed by atoms with Crippen molar-refractivity contribution in [3.8, 4) is 4.97 Å². The zero-order valence-corrected chi connectivity index (χ0v) is 12.3. The first kappa shape index (κ1) is 14.1. The first-order valence-corrected chi connectivity index (χ1v) is 7.63. The molecule has 0 aliphatic rings. The van der Waals surface area contributed by atoms with Crippen LogP contribution in [0.1, 0.15) is 5.56 Å². The zero-order chi connectivity index (χ0) is 14.2. The third-order valence-corrected chi connectivity index (χ3v) is 3.73. The summed E-state index contributed by atoms with van der Waals surface area (Å²) in [5.74, 6) is 0. The topological polar surface area (TPSA) is 62.1 Å². The van der Waals surface area contributed by atoms with Gasteiger partial charge in [-0.25, -0.2) is 0 Å². The van der Waals surface area contributed by atoms with Crippen LogP contribution >= 0.6 is 0 Å². The molecule has 0 radical (unpaired) electrons. The van der Waals surface area contributed by atoms with E-state index in [9.17, 15) is 4.79 Å². The molecule has 2 aromatic rings. The molecular weight excluding hydrogens is 319 g/mol. The molecule has 20 heavy (non-hydrogen) atoms. The summed E-state index contributed by atoms with van der Waals surface area (Å²) in [5.41, 5.74) is 1.59. The standard InChI is InChI=1S/C15H12N2O2Se/c16-11-20-14-8-6-13(7-9-14)17-15(18)19-10-12-4-2-1-3-5-12/h1-9H,10H2,(H,17,18). The minimum absolute atomic E-state index is 0.174. The van der Waals surface area contributed by atoms with Gasteiger partial charge in [-0.15, -0.1) is 0 Å². The fourth-order valence-electron chi connectivity index (χ4n) is 1.54. The molecule has 0 unspecified atom stereocenters. The molecule has 0 bridgehead atoms. The van der Waals surface area contributed by atoms with Gasteiger partial charge in [0.05, 0.1) is 0 Å². The maximum atomic E-state index is 11.6. The number of nitrogens with one attached hydrogen (secondary N) is 1. The maximum absolute atomic E-state index is 11.6. The van der Waals surface area contributed by atoms with E-state index < -0.39 is 6.09 Å². The fraction of sp³-hybridized carbons (Fsp3) is 0.0667. The van der Waals surface area contributed by atoms with Crippen molar-refractivity contribution in [1.82, 2.24) is 0 Å². The van der Waals surface area contributed by atoms with E-state index in [1.807, 2.05) is 42.5 Å². The summed E-state index contributed by atoms with van der Waals surface area (Å²) in [6.07, 6.45) is -0.493. The molecule has 2 rings (SSSR count). The van der Waals surface area contributed by atoms with Crippen molar-refractivity contribution in [2.45, 2.75) is 6.61 Å². The molecule has 0 atom stereocenters. The summed E-state index contributed by atoms with van der Waals surface area (Å²) in [6, 6.07) is 16.7. The predicted molar refractivity (Wildman–Crippen MR) is 77.7 cm³/mol. The molecule has 0 heterocycles. The van der Waals surface area contributed by atoms with Crippen molar-refractivity contribution in [3.63, 3.8) is 0 Å². The van der Waals surface area contributed by atoms with Crippen LogP contribution in [0, 0.1) is 10.2 Å². The van der Waals surface area contributed by atoms with Crippen LogP contribution in [0.4, 0.5) is 10.5 Å². The van der Waals surface area contributed by atoms with Crippen molar-refractivity contribution in [3.05, 3.63) is 60.2 Å². The second kappa shape index (κ2) is 7.34. The van der Waals surface area contributed by atoms with Crippen LogP contribution in [-0.2, 0) is 11.3 Å². The van der Waals surface area contributed by atoms with Crippen molar-refractivity contribution < 1.29 is 9.53 Å². The summed E-state index contributed by atoms with van der Waals surface area (Å²) in [4.78, 5) is 13.7. The summed E-state index contributed by atoms with van der Waals surface area (Å²) in [5, 5.41) is 11.2. The van der Waals surface area contributed by atoms with E-state index >= 15 is 0 Å². The third kappa shape index (κ3) is 4.43. The SMILES string of the molecule is N#C[Se]c1ccc(NC(=O)OCc2ccccc2)cc1. The van der Waals surface area contributed by atoms with E-state index in [-0.39, 0.29) is 21.6 Å². The van der Waals surface area contributed by atoms with Gasteiger partial charge in [-0.3, -0.25) is 0 Å². The molecule has 2 aromatic carbocycles. The summed E-state index contributed by atoms with van der Waals surface area (Å²) in [7, 11) is 0. The van der Waals surface area contributed by atoms with Gasteiger partial charge in [0.1, 0.15) is 0 Å². The summed E-state index contributed by atoms with van der Waals surface area (Å²) < 4.78 is 6.09. The average molecular weight is 331 g/mol. The normalized spacial score (nSPS) is 9.55. The monoisotopic (exact) mass is 332 g/mol. The van der Waals surface area contributed by atoms with Crippen LogP contribution in [0.2, 0.25) is 0 Å². The van der Waals surface area contributed by atoms with Crippen molar-refractivity contribution in [2.75, 3.05) is 5.32 Å². The number of carbonyl (C=O) groups excluding carboxylic acids is 1. The molecule has 1 N–H and O–H groups in total. The first-order valence-electron chi connectivity index (χ1n) is 5.91. The molecule has 0 saturated carbocycles. The summed E-state index contributed by atoms with van der Waals surface area (Å²) in [6.45, 7) is 0.238. The Bertz CT molecular complexity index is 606. The number of hydrogen-bond acceptors (Lipinski definition) is 3. The molecule has 0 aliphatic heterocycles. The Morgan fingerprint density at radius 2 is 1.85 bits per heavy atom. The van der Waals surface area contributed by atoms with Crippen molar-refractivity contribution in [1.29, 1.82) is 5.26 Å². The van der Waals surface area contributed by atoms with E-state index in [4.69, 9.17) is 10.00 Å². The molecule has 0 spiro atoms. The molecule has 0 aliphatic carbocycles. The average Bonchev–Trinajstić information content (AvgIpc) is 2.49. The van der Waals surface area contributed by atoms with Crippen LogP contribution in [0.3, 0.4) is 0 Å². The Morgan fingerprint density at radius 1 is 1.15 bits per heavy atom. The Kier molecular flexibility index (Phi) is 5.19. The van der Waals surface area contributed by atoms with Crippen molar-refractivity contribution >= 4 is 31.2 Å². The van der Waals surface area contributed by atoms with Gasteiger partial charge in [0.2, 0.25) is 0 Å². The first-order chi connectivity index (χ1) is 9.78. The number of amides is 1. The van der Waals surface area contributed by atoms with Gasteiger partial charge >= 0.3 is 123 Å². The van der Waals surface area contributed by atoms with Gasteiger partial charge in [-0.1, -0.05) is 0 Å². The van der Waals surface area contributed by atoms with E-state index in [0.29, 0.717) is 5.69 Å². The number of nitrogens with zero attached hydrogens (tertiary/aromatic N) is 1. The molecule has 5 heteroatoms. The molecule has 1 amide bonds. The molecule has 4 nitrogen and oxygen atoms in total. The molecular formula is C15H12N2O2Se. The van der Waals surface area contributed by atoms with Gasteiger partial charge in [0.25, 0.3) is 0 Å². The van der Waals surface area contributed by atoms with Gasteiger partial charge in [-0.05, 0) is 0 Å². The van der Waals surface area contributed by atoms with Gasteiger partial charge < -0.3 is 0 Å². The molecule has 0 fully saturated rings. The van der Waals surface area contributed by atoms with E-state index in [2.05, 4.69) is 10.3 Å². The number of nitriles is 1. The second-order valence-corrected chi connectivity index (χ2v) is 5.70. The third-order valence-electron chi connectivity index (χ3n) is 2.48. The number of rotatable bonds is 4. The van der Waals surface area contributed by atoms with E-state index in [1.54, 1.807) is 12.1 Å². The Morgan fingerprint density at radius 3 is 2.50 bits per heavy atom. The fourth-order valence-corrected chi connectivity index (χ4v) is 2.33. The minimum atomic E-state index is -0.493. The van der Waals surface area contributed by atoms with Crippen LogP contribution < -0.4 is 9.78 Å². The second-order valence-electron chi connectivity index (χ2n) is 3.90. The number of hydrogen-bond donors (Lipinski definition) is 1. The van der Waals surface area contributed by atoms with E-state index in [1.165, 1.54) is 0 Å².